The average molecular weight is 391 g/mol. The van der Waals surface area contributed by atoms with Crippen molar-refractivity contribution < 1.29 is 23.7 Å². The van der Waals surface area contributed by atoms with Crippen LogP contribution in [0.2, 0.25) is 0 Å². The maximum atomic E-state index is 12.5. The minimum atomic E-state index is -0.246. The van der Waals surface area contributed by atoms with Crippen molar-refractivity contribution >= 4 is 17.7 Å². The van der Waals surface area contributed by atoms with Gasteiger partial charge in [-0.05, 0) is 43.3 Å². The van der Waals surface area contributed by atoms with Crippen molar-refractivity contribution in [3.8, 4) is 23.0 Å². The Kier molecular flexibility index (Phi) is 7.67. The van der Waals surface area contributed by atoms with Crippen molar-refractivity contribution in [2.24, 2.45) is 0 Å². The molecule has 0 saturated heterocycles. The Bertz CT molecular complexity index is 764. The molecular weight excluding hydrogens is 366 g/mol. The Labute approximate surface area is 164 Å². The number of carbonyl (C=O) groups is 1. The van der Waals surface area contributed by atoms with Crippen LogP contribution in [-0.2, 0) is 11.3 Å². The smallest absolute Gasteiger partial charge is 0.233 e. The standard InChI is InChI=1S/C20H25NO5S/c1-13(27-16-9-7-15(23-2)8-10-16)20(22)21-12-14-6-11-17(24-3)19(26-5)18(14)25-4/h6-11,13H,12H2,1-5H3,(H,21,22)/t13-/m1/s1. The van der Waals surface area contributed by atoms with Gasteiger partial charge in [0.2, 0.25) is 11.7 Å². The van der Waals surface area contributed by atoms with Crippen LogP contribution in [0.25, 0.3) is 0 Å². The molecule has 0 aliphatic carbocycles. The summed E-state index contributed by atoms with van der Waals surface area (Å²) in [4.78, 5) is 13.5. The lowest BCUT2D eigenvalue weighted by Gasteiger charge is -2.17. The number of ether oxygens (including phenoxy) is 4. The molecule has 2 aromatic carbocycles. The van der Waals surface area contributed by atoms with Crippen LogP contribution in [0, 0.1) is 0 Å². The fraction of sp³-hybridized carbons (Fsp3) is 0.350. The second-order valence-electron chi connectivity index (χ2n) is 5.65. The van der Waals surface area contributed by atoms with Gasteiger partial charge in [-0.15, -0.1) is 11.8 Å². The largest absolute Gasteiger partial charge is 0.497 e. The van der Waals surface area contributed by atoms with Crippen LogP contribution in [0.4, 0.5) is 0 Å². The van der Waals surface area contributed by atoms with Gasteiger partial charge in [0.15, 0.2) is 11.5 Å². The highest BCUT2D eigenvalue weighted by Crippen LogP contribution is 2.39. The number of rotatable bonds is 9. The lowest BCUT2D eigenvalue weighted by Crippen LogP contribution is -2.30. The van der Waals surface area contributed by atoms with E-state index in [-0.39, 0.29) is 11.2 Å². The molecule has 1 N–H and O–H groups in total. The van der Waals surface area contributed by atoms with E-state index in [1.54, 1.807) is 34.5 Å². The molecule has 0 fully saturated rings. The molecule has 0 spiro atoms. The van der Waals surface area contributed by atoms with E-state index in [4.69, 9.17) is 18.9 Å². The number of amides is 1. The quantitative estimate of drug-likeness (QED) is 0.660. The van der Waals surface area contributed by atoms with Gasteiger partial charge in [0.1, 0.15) is 5.75 Å². The van der Waals surface area contributed by atoms with E-state index in [0.717, 1.165) is 16.2 Å². The highest BCUT2D eigenvalue weighted by atomic mass is 32.2. The number of hydrogen-bond donors (Lipinski definition) is 1. The third-order valence-corrected chi connectivity index (χ3v) is 5.09. The Morgan fingerprint density at radius 1 is 0.926 bits per heavy atom. The molecule has 0 radical (unpaired) electrons. The van der Waals surface area contributed by atoms with Crippen molar-refractivity contribution in [1.29, 1.82) is 0 Å². The van der Waals surface area contributed by atoms with Gasteiger partial charge in [0.05, 0.1) is 33.7 Å². The normalized spacial score (nSPS) is 11.4. The summed E-state index contributed by atoms with van der Waals surface area (Å²) in [7, 11) is 6.30. The molecule has 0 unspecified atom stereocenters. The number of carbonyl (C=O) groups excluding carboxylic acids is 1. The third-order valence-electron chi connectivity index (χ3n) is 3.98. The summed E-state index contributed by atoms with van der Waals surface area (Å²) in [5.74, 6) is 2.36. The summed E-state index contributed by atoms with van der Waals surface area (Å²) in [6, 6.07) is 11.3. The van der Waals surface area contributed by atoms with Gasteiger partial charge < -0.3 is 24.3 Å². The second kappa shape index (κ2) is 9.97. The molecule has 1 amide bonds. The van der Waals surface area contributed by atoms with Crippen LogP contribution < -0.4 is 24.3 Å². The van der Waals surface area contributed by atoms with Crippen LogP contribution in [0.15, 0.2) is 41.3 Å². The van der Waals surface area contributed by atoms with E-state index in [9.17, 15) is 4.79 Å². The predicted molar refractivity (Wildman–Crippen MR) is 106 cm³/mol. The molecule has 2 aromatic rings. The Hall–Kier alpha value is -2.54. The van der Waals surface area contributed by atoms with Crippen molar-refractivity contribution in [2.75, 3.05) is 28.4 Å². The molecule has 1 atom stereocenters. The van der Waals surface area contributed by atoms with Crippen molar-refractivity contribution in [1.82, 2.24) is 5.32 Å². The minimum absolute atomic E-state index is 0.0624. The first kappa shape index (κ1) is 20.8. The monoisotopic (exact) mass is 391 g/mol. The molecule has 2 rings (SSSR count). The first-order chi connectivity index (χ1) is 13.0. The SMILES string of the molecule is COc1ccc(S[C@H](C)C(=O)NCc2ccc(OC)c(OC)c2OC)cc1. The summed E-state index contributed by atoms with van der Waals surface area (Å²) in [5.41, 5.74) is 0.810. The first-order valence-electron chi connectivity index (χ1n) is 8.40. The van der Waals surface area contributed by atoms with E-state index in [1.165, 1.54) is 11.8 Å². The number of thioether (sulfide) groups is 1. The highest BCUT2D eigenvalue weighted by molar-refractivity contribution is 8.00. The van der Waals surface area contributed by atoms with Crippen LogP contribution in [0.3, 0.4) is 0 Å². The zero-order chi connectivity index (χ0) is 19.8. The molecule has 0 saturated carbocycles. The van der Waals surface area contributed by atoms with Gasteiger partial charge in [-0.1, -0.05) is 0 Å². The van der Waals surface area contributed by atoms with Crippen LogP contribution in [-0.4, -0.2) is 39.6 Å². The van der Waals surface area contributed by atoms with E-state index in [2.05, 4.69) is 5.32 Å². The van der Waals surface area contributed by atoms with E-state index in [1.807, 2.05) is 37.3 Å². The van der Waals surface area contributed by atoms with Crippen LogP contribution in [0.5, 0.6) is 23.0 Å². The molecule has 7 heteroatoms. The van der Waals surface area contributed by atoms with Gasteiger partial charge in [0, 0.05) is 17.0 Å². The number of hydrogen-bond acceptors (Lipinski definition) is 6. The van der Waals surface area contributed by atoms with Crippen molar-refractivity contribution in [2.45, 2.75) is 23.6 Å². The number of benzene rings is 2. The minimum Gasteiger partial charge on any atom is -0.497 e. The molecule has 27 heavy (non-hydrogen) atoms. The first-order valence-corrected chi connectivity index (χ1v) is 9.28. The lowest BCUT2D eigenvalue weighted by atomic mass is 10.1. The topological polar surface area (TPSA) is 66.0 Å². The molecule has 0 aliphatic heterocycles. The molecular formula is C20H25NO5S. The second-order valence-corrected chi connectivity index (χ2v) is 7.06. The fourth-order valence-corrected chi connectivity index (χ4v) is 3.43. The van der Waals surface area contributed by atoms with Crippen molar-refractivity contribution in [3.05, 3.63) is 42.0 Å². The maximum Gasteiger partial charge on any atom is 0.233 e. The summed E-state index contributed by atoms with van der Waals surface area (Å²) in [5, 5.41) is 2.70. The molecule has 146 valence electrons. The Morgan fingerprint density at radius 2 is 1.59 bits per heavy atom. The zero-order valence-corrected chi connectivity index (χ0v) is 17.0. The van der Waals surface area contributed by atoms with Gasteiger partial charge in [-0.3, -0.25) is 4.79 Å². The number of methoxy groups -OCH3 is 4. The maximum absolute atomic E-state index is 12.5. The average Bonchev–Trinajstić information content (AvgIpc) is 2.71. The molecule has 6 nitrogen and oxygen atoms in total. The molecule has 0 aromatic heterocycles. The fourth-order valence-electron chi connectivity index (χ4n) is 2.54. The lowest BCUT2D eigenvalue weighted by molar-refractivity contribution is -0.120. The van der Waals surface area contributed by atoms with E-state index in [0.29, 0.717) is 23.8 Å². The number of nitrogens with one attached hydrogen (secondary N) is 1. The third kappa shape index (κ3) is 5.23. The summed E-state index contributed by atoms with van der Waals surface area (Å²) in [6.45, 7) is 2.20. The van der Waals surface area contributed by atoms with E-state index < -0.39 is 0 Å². The highest BCUT2D eigenvalue weighted by Gasteiger charge is 2.18. The Morgan fingerprint density at radius 3 is 2.15 bits per heavy atom. The molecule has 0 aliphatic rings. The van der Waals surface area contributed by atoms with Gasteiger partial charge in [-0.2, -0.15) is 0 Å². The van der Waals surface area contributed by atoms with Crippen LogP contribution >= 0.6 is 11.8 Å². The summed E-state index contributed by atoms with van der Waals surface area (Å²) >= 11 is 1.49. The summed E-state index contributed by atoms with van der Waals surface area (Å²) in [6.07, 6.45) is 0. The Balaban J connectivity index is 2.01. The summed E-state index contributed by atoms with van der Waals surface area (Å²) < 4.78 is 21.2. The van der Waals surface area contributed by atoms with Crippen LogP contribution in [0.1, 0.15) is 12.5 Å². The van der Waals surface area contributed by atoms with Gasteiger partial charge in [-0.25, -0.2) is 0 Å². The molecule has 0 heterocycles. The zero-order valence-electron chi connectivity index (χ0n) is 16.2. The van der Waals surface area contributed by atoms with Gasteiger partial charge >= 0.3 is 0 Å². The van der Waals surface area contributed by atoms with E-state index >= 15 is 0 Å². The van der Waals surface area contributed by atoms with Crippen molar-refractivity contribution in [3.63, 3.8) is 0 Å². The predicted octanol–water partition coefficient (Wildman–Crippen LogP) is 3.52. The molecule has 0 bridgehead atoms. The van der Waals surface area contributed by atoms with Gasteiger partial charge in [0.25, 0.3) is 0 Å².